The number of nitrogens with zero attached hydrogens (tertiary/aromatic N) is 2. The monoisotopic (exact) mass is 331 g/mol. The summed E-state index contributed by atoms with van der Waals surface area (Å²) in [5, 5.41) is 3.88. The Bertz CT molecular complexity index is 579. The molecule has 1 aliphatic heterocycles. The highest BCUT2D eigenvalue weighted by atomic mass is 35.5. The number of rotatable bonds is 5. The van der Waals surface area contributed by atoms with Crippen LogP contribution in [0.4, 0.5) is 0 Å². The summed E-state index contributed by atoms with van der Waals surface area (Å²) in [6.45, 7) is 4.22. The maximum Gasteiger partial charge on any atom is 0.282 e. The number of hydrogen-bond acceptors (Lipinski definition) is 3. The second kappa shape index (κ2) is 7.07. The Morgan fingerprint density at radius 2 is 2.24 bits per heavy atom. The lowest BCUT2D eigenvalue weighted by Crippen LogP contribution is -2.52. The van der Waals surface area contributed by atoms with E-state index >= 15 is 0 Å². The van der Waals surface area contributed by atoms with Crippen molar-refractivity contribution in [2.24, 2.45) is 0 Å². The zero-order valence-corrected chi connectivity index (χ0v) is 14.0. The van der Waals surface area contributed by atoms with Crippen molar-refractivity contribution in [1.82, 2.24) is 13.9 Å². The van der Waals surface area contributed by atoms with E-state index in [1.165, 1.54) is 4.31 Å². The molecule has 0 bridgehead atoms. The largest absolute Gasteiger partial charge is 0.313 e. The number of piperazine rings is 1. The first-order valence-electron chi connectivity index (χ1n) is 7.16. The van der Waals surface area contributed by atoms with E-state index in [1.807, 2.05) is 25.1 Å². The topological polar surface area (TPSA) is 52.7 Å². The molecule has 1 aromatic rings. The normalized spacial score (nSPS) is 20.9. The van der Waals surface area contributed by atoms with Crippen LogP contribution in [0.1, 0.15) is 24.9 Å². The summed E-state index contributed by atoms with van der Waals surface area (Å²) in [5.41, 5.74) is 0.920. The molecule has 0 saturated carbocycles. The highest BCUT2D eigenvalue weighted by Crippen LogP contribution is 2.28. The van der Waals surface area contributed by atoms with Gasteiger partial charge in [-0.3, -0.25) is 0 Å². The molecule has 1 saturated heterocycles. The predicted octanol–water partition coefficient (Wildman–Crippen LogP) is 1.87. The maximum absolute atomic E-state index is 12.7. The molecule has 0 spiro atoms. The van der Waals surface area contributed by atoms with Crippen molar-refractivity contribution in [2.45, 2.75) is 19.4 Å². The minimum Gasteiger partial charge on any atom is -0.313 e. The minimum absolute atomic E-state index is 0.221. The van der Waals surface area contributed by atoms with Crippen LogP contribution in [0.3, 0.4) is 0 Å². The van der Waals surface area contributed by atoms with Crippen LogP contribution in [0.2, 0.25) is 5.02 Å². The van der Waals surface area contributed by atoms with Gasteiger partial charge in [-0.15, -0.1) is 0 Å². The number of hydrogen-bond donors (Lipinski definition) is 1. The lowest BCUT2D eigenvalue weighted by Gasteiger charge is -2.37. The van der Waals surface area contributed by atoms with Gasteiger partial charge in [-0.2, -0.15) is 17.0 Å². The summed E-state index contributed by atoms with van der Waals surface area (Å²) >= 11 is 6.04. The molecule has 118 valence electrons. The van der Waals surface area contributed by atoms with E-state index in [0.717, 1.165) is 12.0 Å². The lowest BCUT2D eigenvalue weighted by atomic mass is 10.1. The van der Waals surface area contributed by atoms with Crippen LogP contribution in [0, 0.1) is 0 Å². The van der Waals surface area contributed by atoms with Crippen molar-refractivity contribution < 1.29 is 8.42 Å². The van der Waals surface area contributed by atoms with Gasteiger partial charge in [0.2, 0.25) is 0 Å². The Labute approximate surface area is 132 Å². The van der Waals surface area contributed by atoms with Crippen LogP contribution in [0.15, 0.2) is 24.3 Å². The van der Waals surface area contributed by atoms with E-state index in [2.05, 4.69) is 5.32 Å². The second-order valence-electron chi connectivity index (χ2n) is 5.21. The van der Waals surface area contributed by atoms with E-state index in [4.69, 9.17) is 11.6 Å². The lowest BCUT2D eigenvalue weighted by molar-refractivity contribution is 0.252. The molecule has 0 radical (unpaired) electrons. The third-order valence-electron chi connectivity index (χ3n) is 3.66. The summed E-state index contributed by atoms with van der Waals surface area (Å²) in [5.74, 6) is 0. The van der Waals surface area contributed by atoms with E-state index in [1.54, 1.807) is 17.4 Å². The van der Waals surface area contributed by atoms with Gasteiger partial charge >= 0.3 is 0 Å². The van der Waals surface area contributed by atoms with Crippen LogP contribution in [-0.2, 0) is 10.2 Å². The highest BCUT2D eigenvalue weighted by molar-refractivity contribution is 7.86. The van der Waals surface area contributed by atoms with Gasteiger partial charge in [0.15, 0.2) is 0 Å². The van der Waals surface area contributed by atoms with Gasteiger partial charge in [-0.25, -0.2) is 0 Å². The molecule has 7 heteroatoms. The number of benzene rings is 1. The molecule has 1 heterocycles. The fourth-order valence-electron chi connectivity index (χ4n) is 2.57. The fraction of sp³-hybridized carbons (Fsp3) is 0.571. The van der Waals surface area contributed by atoms with E-state index in [9.17, 15) is 8.42 Å². The molecule has 1 atom stereocenters. The quantitative estimate of drug-likeness (QED) is 0.896. The molecule has 1 aliphatic rings. The molecule has 21 heavy (non-hydrogen) atoms. The summed E-state index contributed by atoms with van der Waals surface area (Å²) in [7, 11) is -1.82. The Kier molecular flexibility index (Phi) is 5.62. The van der Waals surface area contributed by atoms with Crippen LogP contribution in [0.5, 0.6) is 0 Å². The van der Waals surface area contributed by atoms with Gasteiger partial charge in [0.25, 0.3) is 10.2 Å². The summed E-state index contributed by atoms with van der Waals surface area (Å²) in [4.78, 5) is 0. The maximum atomic E-state index is 12.7. The van der Waals surface area contributed by atoms with E-state index < -0.39 is 10.2 Å². The summed E-state index contributed by atoms with van der Waals surface area (Å²) in [6, 6.07) is 7.19. The van der Waals surface area contributed by atoms with Gasteiger partial charge in [0.05, 0.1) is 6.04 Å². The molecular formula is C14H22ClN3O2S. The molecular weight excluding hydrogens is 310 g/mol. The van der Waals surface area contributed by atoms with Gasteiger partial charge in [-0.05, 0) is 24.1 Å². The summed E-state index contributed by atoms with van der Waals surface area (Å²) in [6.07, 6.45) is 0.795. The molecule has 1 fully saturated rings. The van der Waals surface area contributed by atoms with Crippen molar-refractivity contribution >= 4 is 21.8 Å². The second-order valence-corrected chi connectivity index (χ2v) is 7.64. The zero-order chi connectivity index (χ0) is 15.5. The Morgan fingerprint density at radius 1 is 1.48 bits per heavy atom. The highest BCUT2D eigenvalue weighted by Gasteiger charge is 2.35. The first kappa shape index (κ1) is 16.7. The average Bonchev–Trinajstić information content (AvgIpc) is 2.47. The predicted molar refractivity (Wildman–Crippen MR) is 85.6 cm³/mol. The molecule has 0 aliphatic carbocycles. The minimum atomic E-state index is -3.45. The van der Waals surface area contributed by atoms with Crippen molar-refractivity contribution in [3.8, 4) is 0 Å². The van der Waals surface area contributed by atoms with E-state index in [0.29, 0.717) is 31.2 Å². The molecule has 1 unspecified atom stereocenters. The third-order valence-corrected chi connectivity index (χ3v) is 5.89. The van der Waals surface area contributed by atoms with Crippen LogP contribution in [-0.4, -0.2) is 50.3 Å². The molecule has 0 amide bonds. The van der Waals surface area contributed by atoms with Crippen molar-refractivity contribution in [3.63, 3.8) is 0 Å². The van der Waals surface area contributed by atoms with Crippen molar-refractivity contribution in [3.05, 3.63) is 34.9 Å². The molecule has 1 aromatic carbocycles. The number of halogens is 1. The van der Waals surface area contributed by atoms with Gasteiger partial charge < -0.3 is 5.32 Å². The van der Waals surface area contributed by atoms with E-state index in [-0.39, 0.29) is 6.04 Å². The summed E-state index contributed by atoms with van der Waals surface area (Å²) < 4.78 is 28.5. The third kappa shape index (κ3) is 3.76. The van der Waals surface area contributed by atoms with Gasteiger partial charge in [0, 0.05) is 38.2 Å². The fourth-order valence-corrected chi connectivity index (χ4v) is 4.38. The standard InChI is InChI=1S/C14H22ClN3O2S/c1-3-8-17(2)21(19,20)18-9-7-16-11-14(18)12-5-4-6-13(15)10-12/h4-6,10,14,16H,3,7-9,11H2,1-2H3. The SMILES string of the molecule is CCCN(C)S(=O)(=O)N1CCNCC1c1cccc(Cl)c1. The zero-order valence-electron chi connectivity index (χ0n) is 12.4. The van der Waals surface area contributed by atoms with Crippen LogP contribution in [0.25, 0.3) is 0 Å². The van der Waals surface area contributed by atoms with Crippen LogP contribution < -0.4 is 5.32 Å². The smallest absolute Gasteiger partial charge is 0.282 e. The number of nitrogens with one attached hydrogen (secondary N) is 1. The molecule has 2 rings (SSSR count). The first-order valence-corrected chi connectivity index (χ1v) is 8.93. The van der Waals surface area contributed by atoms with Crippen molar-refractivity contribution in [1.29, 1.82) is 0 Å². The molecule has 1 N–H and O–H groups in total. The van der Waals surface area contributed by atoms with Gasteiger partial charge in [-0.1, -0.05) is 30.7 Å². The Hall–Kier alpha value is -0.660. The average molecular weight is 332 g/mol. The van der Waals surface area contributed by atoms with Crippen molar-refractivity contribution in [2.75, 3.05) is 33.2 Å². The van der Waals surface area contributed by atoms with Crippen LogP contribution >= 0.6 is 11.6 Å². The van der Waals surface area contributed by atoms with Gasteiger partial charge in [0.1, 0.15) is 0 Å². The molecule has 0 aromatic heterocycles. The Balaban J connectivity index is 2.31. The first-order chi connectivity index (χ1) is 9.96. The molecule has 5 nitrogen and oxygen atoms in total. The Morgan fingerprint density at radius 3 is 2.90 bits per heavy atom.